The second kappa shape index (κ2) is 15.5. The average molecular weight is 691 g/mol. The molecule has 2 aliphatic heterocycles. The molecule has 2 aliphatic rings. The van der Waals surface area contributed by atoms with E-state index < -0.39 is 42.5 Å². The number of amides is 2. The van der Waals surface area contributed by atoms with E-state index in [1.54, 1.807) is 17.4 Å². The van der Waals surface area contributed by atoms with Crippen molar-refractivity contribution in [1.82, 2.24) is 25.7 Å². The number of thiazole rings is 1. The molecule has 15 heteroatoms. The Morgan fingerprint density at radius 1 is 1.19 bits per heavy atom. The number of likely N-dealkylation sites (tertiary alicyclic amines) is 1. The molecule has 0 spiro atoms. The van der Waals surface area contributed by atoms with Crippen LogP contribution >= 0.6 is 11.3 Å². The van der Waals surface area contributed by atoms with Crippen LogP contribution in [0.1, 0.15) is 55.5 Å². The molecule has 260 valence electrons. The van der Waals surface area contributed by atoms with Crippen LogP contribution in [0.25, 0.3) is 10.4 Å². The summed E-state index contributed by atoms with van der Waals surface area (Å²) in [7, 11) is 1.88. The fourth-order valence-electron chi connectivity index (χ4n) is 6.34. The van der Waals surface area contributed by atoms with Gasteiger partial charge in [-0.15, -0.1) is 11.3 Å². The molecule has 1 aromatic carbocycles. The van der Waals surface area contributed by atoms with Gasteiger partial charge in [-0.05, 0) is 63.2 Å². The van der Waals surface area contributed by atoms with Gasteiger partial charge in [-0.25, -0.2) is 9.78 Å². The van der Waals surface area contributed by atoms with Gasteiger partial charge in [0, 0.05) is 38.2 Å². The molecular formula is C33H41F3N6O5S. The summed E-state index contributed by atoms with van der Waals surface area (Å²) in [5.41, 5.74) is 4.91. The van der Waals surface area contributed by atoms with Crippen LogP contribution in [0, 0.1) is 12.8 Å². The molecule has 0 saturated carbocycles. The summed E-state index contributed by atoms with van der Waals surface area (Å²) in [6.45, 7) is 5.14. The lowest BCUT2D eigenvalue weighted by Gasteiger charge is -2.31. The number of carbonyl (C=O) groups excluding carboxylic acids is 3. The number of nitrogens with zero attached hydrogens (tertiary/aromatic N) is 4. The van der Waals surface area contributed by atoms with Crippen molar-refractivity contribution in [2.24, 2.45) is 5.92 Å². The zero-order valence-corrected chi connectivity index (χ0v) is 28.0. The Labute approximate surface area is 281 Å². The molecule has 11 nitrogen and oxygen atoms in total. The Morgan fingerprint density at radius 2 is 1.92 bits per heavy atom. The molecule has 3 aromatic rings. The summed E-state index contributed by atoms with van der Waals surface area (Å²) in [4.78, 5) is 47.8. The highest BCUT2D eigenvalue weighted by Gasteiger charge is 2.44. The number of halogens is 3. The summed E-state index contributed by atoms with van der Waals surface area (Å²) in [5.74, 6) is -4.57. The molecule has 3 atom stereocenters. The van der Waals surface area contributed by atoms with Crippen molar-refractivity contribution in [3.8, 4) is 10.4 Å². The molecule has 0 bridgehead atoms. The first-order valence-corrected chi connectivity index (χ1v) is 17.0. The molecule has 4 heterocycles. The van der Waals surface area contributed by atoms with Crippen molar-refractivity contribution in [2.45, 2.75) is 70.1 Å². The van der Waals surface area contributed by atoms with Crippen molar-refractivity contribution >= 4 is 34.9 Å². The van der Waals surface area contributed by atoms with Gasteiger partial charge in [-0.2, -0.15) is 13.2 Å². The van der Waals surface area contributed by atoms with Crippen molar-refractivity contribution < 1.29 is 36.8 Å². The lowest BCUT2D eigenvalue weighted by molar-refractivity contribution is -0.201. The maximum Gasteiger partial charge on any atom is 0.490 e. The summed E-state index contributed by atoms with van der Waals surface area (Å²) in [6, 6.07) is 9.12. The lowest BCUT2D eigenvalue weighted by atomic mass is 9.90. The standard InChI is InChI=1S/C33H41F3N6O5S/c1-20(18-46-32(45)33(34,35)36)28(26-17-27(40-47-26)41(3)24-11-13-37-14-12-24)31(44)42-16-4-5-25(42)30(43)38-15-10-22-6-8-23(9-7-22)29-21(2)39-19-48-29/h6-9,17,19-20,24-25,28,37H,4-5,10-16,18H2,1-3H3,(H,38,43)/t20-,25+,28+/m1/s1. The van der Waals surface area contributed by atoms with E-state index in [1.807, 2.05) is 48.6 Å². The zero-order chi connectivity index (χ0) is 34.4. The van der Waals surface area contributed by atoms with Crippen LogP contribution < -0.4 is 15.5 Å². The number of alkyl halides is 3. The molecule has 2 N–H and O–H groups in total. The Kier molecular flexibility index (Phi) is 11.4. The number of benzene rings is 1. The highest BCUT2D eigenvalue weighted by atomic mass is 32.1. The molecule has 2 aromatic heterocycles. The van der Waals surface area contributed by atoms with Crippen LogP contribution in [-0.2, 0) is 25.5 Å². The first-order chi connectivity index (χ1) is 22.9. The number of aryl methyl sites for hydroxylation is 1. The topological polar surface area (TPSA) is 130 Å². The minimum atomic E-state index is -5.17. The third-order valence-electron chi connectivity index (χ3n) is 9.10. The fourth-order valence-corrected chi connectivity index (χ4v) is 7.15. The Morgan fingerprint density at radius 3 is 2.58 bits per heavy atom. The van der Waals surface area contributed by atoms with Crippen LogP contribution in [0.4, 0.5) is 19.0 Å². The molecule has 2 amide bonds. The fraction of sp³-hybridized carbons (Fsp3) is 0.545. The van der Waals surface area contributed by atoms with Gasteiger partial charge in [0.2, 0.25) is 11.8 Å². The first-order valence-electron chi connectivity index (χ1n) is 16.2. The van der Waals surface area contributed by atoms with Gasteiger partial charge in [0.15, 0.2) is 11.6 Å². The van der Waals surface area contributed by atoms with Crippen LogP contribution in [0.15, 0.2) is 40.4 Å². The second-order valence-corrected chi connectivity index (χ2v) is 13.3. The second-order valence-electron chi connectivity index (χ2n) is 12.4. The van der Waals surface area contributed by atoms with Crippen LogP contribution in [0.2, 0.25) is 0 Å². The molecule has 2 fully saturated rings. The van der Waals surface area contributed by atoms with Crippen LogP contribution in [-0.4, -0.2) is 90.9 Å². The number of carbonyl (C=O) groups is 3. The van der Waals surface area contributed by atoms with Crippen molar-refractivity contribution in [1.29, 1.82) is 0 Å². The van der Waals surface area contributed by atoms with Gasteiger partial charge < -0.3 is 29.7 Å². The summed E-state index contributed by atoms with van der Waals surface area (Å²) in [6.07, 6.45) is -1.81. The van der Waals surface area contributed by atoms with Crippen LogP contribution in [0.3, 0.4) is 0 Å². The minimum absolute atomic E-state index is 0.134. The molecule has 0 aliphatic carbocycles. The maximum absolute atomic E-state index is 14.1. The number of rotatable bonds is 12. The van der Waals surface area contributed by atoms with Crippen molar-refractivity contribution in [3.05, 3.63) is 52.9 Å². The average Bonchev–Trinajstić information content (AvgIpc) is 3.85. The molecule has 0 radical (unpaired) electrons. The van der Waals surface area contributed by atoms with E-state index in [4.69, 9.17) is 4.52 Å². The number of hydrogen-bond donors (Lipinski definition) is 2. The molecule has 48 heavy (non-hydrogen) atoms. The Hall–Kier alpha value is -3.98. The highest BCUT2D eigenvalue weighted by Crippen LogP contribution is 2.34. The van der Waals surface area contributed by atoms with Crippen LogP contribution in [0.5, 0.6) is 0 Å². The van der Waals surface area contributed by atoms with Crippen molar-refractivity contribution in [3.63, 3.8) is 0 Å². The third kappa shape index (κ3) is 8.35. The monoisotopic (exact) mass is 690 g/mol. The van der Waals surface area contributed by atoms with Gasteiger partial charge in [-0.1, -0.05) is 36.3 Å². The summed E-state index contributed by atoms with van der Waals surface area (Å²) < 4.78 is 48.9. The first kappa shape index (κ1) is 35.3. The minimum Gasteiger partial charge on any atom is -0.459 e. The van der Waals surface area contributed by atoms with Gasteiger partial charge in [0.25, 0.3) is 0 Å². The number of ether oxygens (including phenoxy) is 1. The lowest BCUT2D eigenvalue weighted by Crippen LogP contribution is -2.48. The zero-order valence-electron chi connectivity index (χ0n) is 27.2. The van der Waals surface area contributed by atoms with E-state index in [0.717, 1.165) is 47.6 Å². The van der Waals surface area contributed by atoms with E-state index in [1.165, 1.54) is 11.8 Å². The number of hydrogen-bond acceptors (Lipinski definition) is 10. The predicted octanol–water partition coefficient (Wildman–Crippen LogP) is 4.47. The Bertz CT molecular complexity index is 1560. The smallest absolute Gasteiger partial charge is 0.459 e. The SMILES string of the molecule is Cc1ncsc1-c1ccc(CCNC(=O)[C@@H]2CCCN2C(=O)[C@H](c2cc(N(C)C3CCNCC3)no2)[C@H](C)COC(=O)C(F)(F)F)cc1. The number of anilines is 1. The number of aromatic nitrogens is 2. The number of piperidine rings is 1. The molecule has 2 saturated heterocycles. The largest absolute Gasteiger partial charge is 0.490 e. The normalized spacial score (nSPS) is 18.4. The quantitative estimate of drug-likeness (QED) is 0.265. The van der Waals surface area contributed by atoms with Crippen molar-refractivity contribution in [2.75, 3.05) is 44.7 Å². The maximum atomic E-state index is 14.1. The van der Waals surface area contributed by atoms with E-state index in [-0.39, 0.29) is 24.3 Å². The van der Waals surface area contributed by atoms with E-state index in [9.17, 15) is 27.6 Å². The van der Waals surface area contributed by atoms with Gasteiger partial charge in [0.05, 0.1) is 22.7 Å². The van der Waals surface area contributed by atoms with Gasteiger partial charge in [-0.3, -0.25) is 9.59 Å². The number of nitrogens with one attached hydrogen (secondary N) is 2. The van der Waals surface area contributed by atoms with Gasteiger partial charge >= 0.3 is 12.1 Å². The van der Waals surface area contributed by atoms with E-state index in [0.29, 0.717) is 31.6 Å². The van der Waals surface area contributed by atoms with Gasteiger partial charge in [0.1, 0.15) is 12.0 Å². The Balaban J connectivity index is 1.26. The highest BCUT2D eigenvalue weighted by molar-refractivity contribution is 7.13. The third-order valence-corrected chi connectivity index (χ3v) is 10.1. The summed E-state index contributed by atoms with van der Waals surface area (Å²) >= 11 is 1.58. The van der Waals surface area contributed by atoms with E-state index in [2.05, 4.69) is 25.5 Å². The predicted molar refractivity (Wildman–Crippen MR) is 173 cm³/mol. The molecular weight excluding hydrogens is 649 g/mol. The molecule has 5 rings (SSSR count). The summed E-state index contributed by atoms with van der Waals surface area (Å²) in [5, 5.41) is 10.4. The number of esters is 1. The van der Waals surface area contributed by atoms with E-state index >= 15 is 0 Å². The molecule has 0 unspecified atom stereocenters.